The SMILES string of the molecule is CC.Cc1cc(-c2scnc2C)ccc1CNC1CCCC1. The minimum atomic E-state index is 0.734. The lowest BCUT2D eigenvalue weighted by Crippen LogP contribution is -2.25. The Morgan fingerprint density at radius 2 is 1.91 bits per heavy atom. The third kappa shape index (κ3) is 4.17. The number of thiazole rings is 1. The van der Waals surface area contributed by atoms with Crippen molar-refractivity contribution in [3.05, 3.63) is 40.5 Å². The summed E-state index contributed by atoms with van der Waals surface area (Å²) in [7, 11) is 0. The number of nitrogens with one attached hydrogen (secondary N) is 1. The third-order valence-electron chi connectivity index (χ3n) is 4.29. The molecule has 0 bridgehead atoms. The summed E-state index contributed by atoms with van der Waals surface area (Å²) in [5.41, 5.74) is 7.15. The summed E-state index contributed by atoms with van der Waals surface area (Å²) in [6.45, 7) is 9.29. The molecule has 1 aliphatic carbocycles. The van der Waals surface area contributed by atoms with Crippen LogP contribution in [0.4, 0.5) is 0 Å². The molecule has 1 fully saturated rings. The van der Waals surface area contributed by atoms with E-state index >= 15 is 0 Å². The summed E-state index contributed by atoms with van der Waals surface area (Å²) < 4.78 is 0. The lowest BCUT2D eigenvalue weighted by molar-refractivity contribution is 0.523. The highest BCUT2D eigenvalue weighted by Crippen LogP contribution is 2.29. The fourth-order valence-corrected chi connectivity index (χ4v) is 3.80. The van der Waals surface area contributed by atoms with Crippen molar-refractivity contribution in [2.75, 3.05) is 0 Å². The Kier molecular flexibility index (Phi) is 6.59. The van der Waals surface area contributed by atoms with E-state index < -0.39 is 0 Å². The minimum absolute atomic E-state index is 0.734. The van der Waals surface area contributed by atoms with Crippen LogP contribution in [-0.4, -0.2) is 11.0 Å². The largest absolute Gasteiger partial charge is 0.310 e. The van der Waals surface area contributed by atoms with Gasteiger partial charge in [0.15, 0.2) is 0 Å². The van der Waals surface area contributed by atoms with E-state index in [0.717, 1.165) is 18.3 Å². The highest BCUT2D eigenvalue weighted by atomic mass is 32.1. The lowest BCUT2D eigenvalue weighted by Gasteiger charge is -2.14. The fraction of sp³-hybridized carbons (Fsp3) is 0.526. The average molecular weight is 317 g/mol. The van der Waals surface area contributed by atoms with Crippen molar-refractivity contribution in [3.8, 4) is 10.4 Å². The van der Waals surface area contributed by atoms with Gasteiger partial charge in [-0.3, -0.25) is 0 Å². The van der Waals surface area contributed by atoms with Crippen LogP contribution in [0.15, 0.2) is 23.7 Å². The zero-order valence-electron chi connectivity index (χ0n) is 14.3. The van der Waals surface area contributed by atoms with Gasteiger partial charge < -0.3 is 5.32 Å². The van der Waals surface area contributed by atoms with Gasteiger partial charge in [0.1, 0.15) is 0 Å². The van der Waals surface area contributed by atoms with Gasteiger partial charge in [0.05, 0.1) is 16.1 Å². The van der Waals surface area contributed by atoms with E-state index in [4.69, 9.17) is 0 Å². The van der Waals surface area contributed by atoms with Crippen LogP contribution >= 0.6 is 11.3 Å². The molecule has 22 heavy (non-hydrogen) atoms. The minimum Gasteiger partial charge on any atom is -0.310 e. The maximum absolute atomic E-state index is 4.34. The highest BCUT2D eigenvalue weighted by Gasteiger charge is 2.14. The molecule has 120 valence electrons. The van der Waals surface area contributed by atoms with Gasteiger partial charge in [-0.2, -0.15) is 0 Å². The number of hydrogen-bond acceptors (Lipinski definition) is 3. The Morgan fingerprint density at radius 3 is 2.50 bits per heavy atom. The summed E-state index contributed by atoms with van der Waals surface area (Å²) in [4.78, 5) is 5.63. The topological polar surface area (TPSA) is 24.9 Å². The number of benzene rings is 1. The van der Waals surface area contributed by atoms with Crippen LogP contribution in [-0.2, 0) is 6.54 Å². The van der Waals surface area contributed by atoms with Gasteiger partial charge in [-0.15, -0.1) is 11.3 Å². The van der Waals surface area contributed by atoms with Crippen LogP contribution in [0.3, 0.4) is 0 Å². The zero-order chi connectivity index (χ0) is 15.9. The van der Waals surface area contributed by atoms with Crippen molar-refractivity contribution in [1.29, 1.82) is 0 Å². The Morgan fingerprint density at radius 1 is 1.18 bits per heavy atom. The first-order chi connectivity index (χ1) is 10.7. The van der Waals surface area contributed by atoms with Gasteiger partial charge in [-0.25, -0.2) is 4.98 Å². The van der Waals surface area contributed by atoms with Crippen molar-refractivity contribution in [1.82, 2.24) is 10.3 Å². The van der Waals surface area contributed by atoms with Crippen LogP contribution in [0, 0.1) is 13.8 Å². The van der Waals surface area contributed by atoms with Crippen molar-refractivity contribution < 1.29 is 0 Å². The van der Waals surface area contributed by atoms with Crippen LogP contribution in [0.25, 0.3) is 10.4 Å². The van der Waals surface area contributed by atoms with Crippen LogP contribution in [0.5, 0.6) is 0 Å². The molecular weight excluding hydrogens is 288 g/mol. The van der Waals surface area contributed by atoms with Crippen molar-refractivity contribution in [2.24, 2.45) is 0 Å². The molecule has 0 radical (unpaired) electrons. The quantitative estimate of drug-likeness (QED) is 0.807. The molecule has 1 N–H and O–H groups in total. The predicted octanol–water partition coefficient (Wildman–Crippen LogP) is 5.49. The average Bonchev–Trinajstić information content (AvgIpc) is 3.19. The van der Waals surface area contributed by atoms with Gasteiger partial charge >= 0.3 is 0 Å². The Hall–Kier alpha value is -1.19. The maximum atomic E-state index is 4.34. The number of rotatable bonds is 4. The maximum Gasteiger partial charge on any atom is 0.0801 e. The van der Waals surface area contributed by atoms with Crippen LogP contribution in [0.2, 0.25) is 0 Å². The van der Waals surface area contributed by atoms with E-state index in [1.165, 1.54) is 47.3 Å². The molecule has 0 atom stereocenters. The van der Waals surface area contributed by atoms with E-state index in [2.05, 4.69) is 42.3 Å². The Bertz CT molecular complexity index is 583. The molecule has 0 aliphatic heterocycles. The van der Waals surface area contributed by atoms with Crippen LogP contribution < -0.4 is 5.32 Å². The van der Waals surface area contributed by atoms with Crippen molar-refractivity contribution >= 4 is 11.3 Å². The zero-order valence-corrected chi connectivity index (χ0v) is 15.1. The van der Waals surface area contributed by atoms with E-state index in [0.29, 0.717) is 0 Å². The molecule has 1 heterocycles. The van der Waals surface area contributed by atoms with E-state index in [-0.39, 0.29) is 0 Å². The number of hydrogen-bond donors (Lipinski definition) is 1. The third-order valence-corrected chi connectivity index (χ3v) is 5.26. The molecule has 0 amide bonds. The summed E-state index contributed by atoms with van der Waals surface area (Å²) in [6, 6.07) is 7.54. The Balaban J connectivity index is 0.000000847. The smallest absolute Gasteiger partial charge is 0.0801 e. The van der Waals surface area contributed by atoms with Gasteiger partial charge in [0.25, 0.3) is 0 Å². The molecule has 0 saturated heterocycles. The predicted molar refractivity (Wildman–Crippen MR) is 97.5 cm³/mol. The summed E-state index contributed by atoms with van der Waals surface area (Å²) in [6.07, 6.45) is 5.47. The molecule has 1 aliphatic rings. The number of nitrogens with zero attached hydrogens (tertiary/aromatic N) is 1. The van der Waals surface area contributed by atoms with Gasteiger partial charge in [0, 0.05) is 12.6 Å². The fourth-order valence-electron chi connectivity index (χ4n) is 3.00. The standard InChI is InChI=1S/C17H22N2S.C2H6/c1-12-9-14(17-13(2)19-11-20-17)7-8-15(12)10-18-16-5-3-4-6-16;1-2/h7-9,11,16,18H,3-6,10H2,1-2H3;1-2H3. The second kappa shape index (κ2) is 8.44. The van der Waals surface area contributed by atoms with E-state index in [9.17, 15) is 0 Å². The molecule has 3 heteroatoms. The highest BCUT2D eigenvalue weighted by molar-refractivity contribution is 7.13. The van der Waals surface area contributed by atoms with Crippen LogP contribution in [0.1, 0.15) is 56.4 Å². The number of aromatic nitrogens is 1. The number of aryl methyl sites for hydroxylation is 2. The first kappa shape index (κ1) is 17.2. The van der Waals surface area contributed by atoms with Crippen molar-refractivity contribution in [3.63, 3.8) is 0 Å². The van der Waals surface area contributed by atoms with E-state index in [1.54, 1.807) is 11.3 Å². The van der Waals surface area contributed by atoms with Gasteiger partial charge in [-0.1, -0.05) is 44.9 Å². The monoisotopic (exact) mass is 316 g/mol. The summed E-state index contributed by atoms with van der Waals surface area (Å²) in [5.74, 6) is 0. The molecule has 1 aromatic carbocycles. The summed E-state index contributed by atoms with van der Waals surface area (Å²) in [5, 5.41) is 3.69. The molecule has 0 spiro atoms. The van der Waals surface area contributed by atoms with Gasteiger partial charge in [0.2, 0.25) is 0 Å². The Labute approximate surface area is 139 Å². The second-order valence-corrected chi connectivity index (χ2v) is 6.63. The molecule has 3 rings (SSSR count). The van der Waals surface area contributed by atoms with E-state index in [1.807, 2.05) is 19.4 Å². The molecule has 2 nitrogen and oxygen atoms in total. The van der Waals surface area contributed by atoms with Crippen molar-refractivity contribution in [2.45, 2.75) is 66.0 Å². The summed E-state index contributed by atoms with van der Waals surface area (Å²) >= 11 is 1.72. The first-order valence-electron chi connectivity index (χ1n) is 8.47. The lowest BCUT2D eigenvalue weighted by atomic mass is 10.0. The molecular formula is C19H28N2S. The molecule has 1 aromatic heterocycles. The first-order valence-corrected chi connectivity index (χ1v) is 9.35. The molecule has 2 aromatic rings. The molecule has 0 unspecified atom stereocenters. The van der Waals surface area contributed by atoms with Gasteiger partial charge in [-0.05, 0) is 43.4 Å². The normalized spacial score (nSPS) is 14.7. The molecule has 1 saturated carbocycles. The second-order valence-electron chi connectivity index (χ2n) is 5.77.